The zero-order valence-corrected chi connectivity index (χ0v) is 10.3. The Morgan fingerprint density at radius 1 is 1.53 bits per heavy atom. The number of rotatable bonds is 4. The highest BCUT2D eigenvalue weighted by Crippen LogP contribution is 2.27. The molecular weight excluding hydrogens is 216 g/mol. The summed E-state index contributed by atoms with van der Waals surface area (Å²) in [6.07, 6.45) is 6.82. The third-order valence-corrected chi connectivity index (χ3v) is 3.46. The number of aryl methyl sites for hydroxylation is 1. The smallest absolute Gasteiger partial charge is 0.218 e. The summed E-state index contributed by atoms with van der Waals surface area (Å²) < 4.78 is 1.86. The quantitative estimate of drug-likeness (QED) is 0.826. The number of nitrogens with two attached hydrogens (primary N) is 1. The molecule has 5 heteroatoms. The van der Waals surface area contributed by atoms with E-state index in [4.69, 9.17) is 5.73 Å². The van der Waals surface area contributed by atoms with E-state index in [9.17, 15) is 4.79 Å². The number of hydrogen-bond acceptors (Lipinski definition) is 3. The molecule has 0 aliphatic carbocycles. The Labute approximate surface area is 102 Å². The lowest BCUT2D eigenvalue weighted by Gasteiger charge is -2.31. The fourth-order valence-corrected chi connectivity index (χ4v) is 2.41. The van der Waals surface area contributed by atoms with Gasteiger partial charge >= 0.3 is 0 Å². The zero-order chi connectivity index (χ0) is 12.3. The van der Waals surface area contributed by atoms with E-state index in [0.717, 1.165) is 32.5 Å². The molecule has 1 aromatic heterocycles. The van der Waals surface area contributed by atoms with Crippen molar-refractivity contribution in [1.82, 2.24) is 14.7 Å². The lowest BCUT2D eigenvalue weighted by molar-refractivity contribution is -0.118. The highest BCUT2D eigenvalue weighted by atomic mass is 16.1. The van der Waals surface area contributed by atoms with Crippen LogP contribution in [0.2, 0.25) is 0 Å². The summed E-state index contributed by atoms with van der Waals surface area (Å²) in [5, 5.41) is 4.21. The Kier molecular flexibility index (Phi) is 3.78. The van der Waals surface area contributed by atoms with Crippen LogP contribution < -0.4 is 5.73 Å². The van der Waals surface area contributed by atoms with Gasteiger partial charge in [-0.05, 0) is 37.4 Å². The van der Waals surface area contributed by atoms with Crippen LogP contribution in [0.4, 0.5) is 0 Å². The second-order valence-corrected chi connectivity index (χ2v) is 4.78. The second kappa shape index (κ2) is 5.31. The fourth-order valence-electron chi connectivity index (χ4n) is 2.41. The Bertz CT molecular complexity index is 380. The topological polar surface area (TPSA) is 64.2 Å². The molecule has 0 atom stereocenters. The molecular formula is C12H20N4O. The van der Waals surface area contributed by atoms with Crippen LogP contribution in [0, 0.1) is 0 Å². The molecule has 1 aliphatic heterocycles. The van der Waals surface area contributed by atoms with E-state index in [2.05, 4.69) is 16.2 Å². The van der Waals surface area contributed by atoms with E-state index in [1.54, 1.807) is 0 Å². The van der Waals surface area contributed by atoms with Crippen molar-refractivity contribution in [1.29, 1.82) is 0 Å². The Morgan fingerprint density at radius 2 is 2.24 bits per heavy atom. The van der Waals surface area contributed by atoms with Crippen molar-refractivity contribution in [3.63, 3.8) is 0 Å². The zero-order valence-electron chi connectivity index (χ0n) is 10.3. The Morgan fingerprint density at radius 3 is 2.76 bits per heavy atom. The molecule has 1 saturated heterocycles. The summed E-state index contributed by atoms with van der Waals surface area (Å²) in [5.74, 6) is 0.410. The minimum atomic E-state index is -0.209. The molecule has 0 saturated carbocycles. The molecule has 17 heavy (non-hydrogen) atoms. The maximum absolute atomic E-state index is 10.7. The van der Waals surface area contributed by atoms with Gasteiger partial charge in [0.15, 0.2) is 0 Å². The van der Waals surface area contributed by atoms with Crippen molar-refractivity contribution in [3.05, 3.63) is 18.0 Å². The normalized spacial score (nSPS) is 18.4. The van der Waals surface area contributed by atoms with Gasteiger partial charge in [-0.1, -0.05) is 0 Å². The number of likely N-dealkylation sites (tertiary alicyclic amines) is 1. The van der Waals surface area contributed by atoms with Crippen LogP contribution in [0.5, 0.6) is 0 Å². The molecule has 5 nitrogen and oxygen atoms in total. The van der Waals surface area contributed by atoms with Gasteiger partial charge in [-0.25, -0.2) is 0 Å². The highest BCUT2D eigenvalue weighted by molar-refractivity contribution is 5.73. The number of carbonyl (C=O) groups excluding carboxylic acids is 1. The van der Waals surface area contributed by atoms with Crippen LogP contribution in [0.25, 0.3) is 0 Å². The van der Waals surface area contributed by atoms with Crippen molar-refractivity contribution in [2.24, 2.45) is 12.8 Å². The van der Waals surface area contributed by atoms with Crippen LogP contribution in [-0.4, -0.2) is 40.2 Å². The summed E-state index contributed by atoms with van der Waals surface area (Å²) in [6, 6.07) is 0. The molecule has 0 aromatic carbocycles. The number of primary amides is 1. The van der Waals surface area contributed by atoms with Gasteiger partial charge in [0.1, 0.15) is 0 Å². The maximum atomic E-state index is 10.7. The van der Waals surface area contributed by atoms with E-state index >= 15 is 0 Å². The molecule has 0 radical (unpaired) electrons. The van der Waals surface area contributed by atoms with E-state index < -0.39 is 0 Å². The minimum absolute atomic E-state index is 0.209. The summed E-state index contributed by atoms with van der Waals surface area (Å²) in [6.45, 7) is 2.90. The molecule has 2 N–H and O–H groups in total. The number of carbonyl (C=O) groups is 1. The number of aromatic nitrogens is 2. The first-order chi connectivity index (χ1) is 8.15. The van der Waals surface area contributed by atoms with Crippen molar-refractivity contribution in [3.8, 4) is 0 Å². The van der Waals surface area contributed by atoms with E-state index in [1.807, 2.05) is 17.9 Å². The molecule has 2 rings (SSSR count). The van der Waals surface area contributed by atoms with Gasteiger partial charge in [-0.15, -0.1) is 0 Å². The molecule has 1 amide bonds. The Hall–Kier alpha value is -1.36. The van der Waals surface area contributed by atoms with E-state index in [-0.39, 0.29) is 5.91 Å². The van der Waals surface area contributed by atoms with E-state index in [1.165, 1.54) is 5.56 Å². The molecule has 1 aromatic rings. The molecule has 1 fully saturated rings. The van der Waals surface area contributed by atoms with Crippen molar-refractivity contribution >= 4 is 5.91 Å². The van der Waals surface area contributed by atoms with Gasteiger partial charge in [-0.3, -0.25) is 9.48 Å². The second-order valence-electron chi connectivity index (χ2n) is 4.78. The average molecular weight is 236 g/mol. The number of nitrogens with zero attached hydrogens (tertiary/aromatic N) is 3. The summed E-state index contributed by atoms with van der Waals surface area (Å²) in [5.41, 5.74) is 6.49. The van der Waals surface area contributed by atoms with Crippen LogP contribution in [0.1, 0.15) is 30.7 Å². The molecule has 0 unspecified atom stereocenters. The van der Waals surface area contributed by atoms with Gasteiger partial charge in [0.2, 0.25) is 5.91 Å². The molecule has 0 spiro atoms. The fraction of sp³-hybridized carbons (Fsp3) is 0.667. The SMILES string of the molecule is Cn1cc(C2CCN(CCC(N)=O)CC2)cn1. The summed E-state index contributed by atoms with van der Waals surface area (Å²) in [7, 11) is 1.95. The van der Waals surface area contributed by atoms with Crippen molar-refractivity contribution < 1.29 is 4.79 Å². The van der Waals surface area contributed by atoms with Gasteiger partial charge in [0.05, 0.1) is 6.20 Å². The highest BCUT2D eigenvalue weighted by Gasteiger charge is 2.21. The molecule has 1 aliphatic rings. The first kappa shape index (κ1) is 12.1. The summed E-state index contributed by atoms with van der Waals surface area (Å²) >= 11 is 0. The van der Waals surface area contributed by atoms with Crippen LogP contribution in [-0.2, 0) is 11.8 Å². The van der Waals surface area contributed by atoms with Gasteiger partial charge in [0, 0.05) is 26.2 Å². The van der Waals surface area contributed by atoms with Crippen LogP contribution >= 0.6 is 0 Å². The predicted octanol–water partition coefficient (Wildman–Crippen LogP) is 0.475. The first-order valence-electron chi connectivity index (χ1n) is 6.14. The lowest BCUT2D eigenvalue weighted by Crippen LogP contribution is -2.35. The number of hydrogen-bond donors (Lipinski definition) is 1. The predicted molar refractivity (Wildman–Crippen MR) is 65.4 cm³/mol. The molecule has 0 bridgehead atoms. The third-order valence-electron chi connectivity index (χ3n) is 3.46. The summed E-state index contributed by atoms with van der Waals surface area (Å²) in [4.78, 5) is 13.0. The van der Waals surface area contributed by atoms with Gasteiger partial charge in [0.25, 0.3) is 0 Å². The Balaban J connectivity index is 1.80. The molecule has 94 valence electrons. The number of piperidine rings is 1. The largest absolute Gasteiger partial charge is 0.370 e. The monoisotopic (exact) mass is 236 g/mol. The lowest BCUT2D eigenvalue weighted by atomic mass is 9.91. The third kappa shape index (κ3) is 3.30. The molecule has 2 heterocycles. The number of amides is 1. The maximum Gasteiger partial charge on any atom is 0.218 e. The van der Waals surface area contributed by atoms with Crippen LogP contribution in [0.3, 0.4) is 0 Å². The first-order valence-corrected chi connectivity index (χ1v) is 6.14. The van der Waals surface area contributed by atoms with Gasteiger partial charge < -0.3 is 10.6 Å². The van der Waals surface area contributed by atoms with Crippen molar-refractivity contribution in [2.45, 2.75) is 25.2 Å². The standard InChI is InChI=1S/C12H20N4O/c1-15-9-11(8-14-15)10-2-5-16(6-3-10)7-4-12(13)17/h8-10H,2-7H2,1H3,(H2,13,17). The van der Waals surface area contributed by atoms with Gasteiger partial charge in [-0.2, -0.15) is 5.10 Å². The van der Waals surface area contributed by atoms with Crippen molar-refractivity contribution in [2.75, 3.05) is 19.6 Å². The minimum Gasteiger partial charge on any atom is -0.370 e. The van der Waals surface area contributed by atoms with Crippen LogP contribution in [0.15, 0.2) is 12.4 Å². The van der Waals surface area contributed by atoms with E-state index in [0.29, 0.717) is 12.3 Å². The average Bonchev–Trinajstić information content (AvgIpc) is 2.74.